The van der Waals surface area contributed by atoms with Gasteiger partial charge in [-0.2, -0.15) is 0 Å². The molecule has 1 aromatic heterocycles. The number of carboxylic acids is 1. The summed E-state index contributed by atoms with van der Waals surface area (Å²) in [5, 5.41) is 21.0. The van der Waals surface area contributed by atoms with Crippen molar-refractivity contribution in [3.63, 3.8) is 0 Å². The molecule has 1 heterocycles. The molecule has 4 rings (SSSR count). The highest BCUT2D eigenvalue weighted by Gasteiger charge is 2.14. The number of rotatable bonds is 4. The zero-order chi connectivity index (χ0) is 20.5. The van der Waals surface area contributed by atoms with Crippen LogP contribution in [0.25, 0.3) is 33.3 Å². The van der Waals surface area contributed by atoms with Crippen LogP contribution in [0.2, 0.25) is 0 Å². The van der Waals surface area contributed by atoms with Crippen molar-refractivity contribution in [2.75, 3.05) is 0 Å². The molecule has 0 amide bonds. The van der Waals surface area contributed by atoms with Gasteiger partial charge in [-0.3, -0.25) is 10.1 Å². The van der Waals surface area contributed by atoms with Crippen LogP contribution in [0.15, 0.2) is 77.3 Å². The fraction of sp³-hybridized carbons (Fsp3) is 0. The maximum Gasteiger partial charge on any atom is 0.336 e. The number of hydrogen-bond acceptors (Lipinski definition) is 4. The van der Waals surface area contributed by atoms with Crippen molar-refractivity contribution in [3.8, 4) is 22.4 Å². The Morgan fingerprint density at radius 3 is 2.07 bits per heavy atom. The van der Waals surface area contributed by atoms with E-state index in [2.05, 4.69) is 20.9 Å². The summed E-state index contributed by atoms with van der Waals surface area (Å²) in [5.74, 6) is -1.01. The van der Waals surface area contributed by atoms with Gasteiger partial charge in [0.2, 0.25) is 0 Å². The number of carbonyl (C=O) groups is 1. The molecule has 142 valence electrons. The highest BCUT2D eigenvalue weighted by Crippen LogP contribution is 2.29. The molecular weight excluding hydrogens is 436 g/mol. The fourth-order valence-corrected chi connectivity index (χ4v) is 3.49. The van der Waals surface area contributed by atoms with Crippen molar-refractivity contribution in [2.24, 2.45) is 0 Å². The predicted molar refractivity (Wildman–Crippen MR) is 114 cm³/mol. The number of fused-ring (bicyclic) bond motifs is 1. The maximum absolute atomic E-state index is 11.7. The molecule has 6 nitrogen and oxygen atoms in total. The second kappa shape index (κ2) is 7.44. The molecule has 3 aromatic carbocycles. The van der Waals surface area contributed by atoms with E-state index in [0.717, 1.165) is 21.2 Å². The monoisotopic (exact) mass is 448 g/mol. The molecule has 0 aliphatic carbocycles. The quantitative estimate of drug-likeness (QED) is 0.308. The Bertz CT molecular complexity index is 1250. The number of nitrogens with zero attached hydrogens (tertiary/aromatic N) is 2. The molecule has 0 saturated heterocycles. The van der Waals surface area contributed by atoms with Crippen LogP contribution in [0.1, 0.15) is 10.4 Å². The molecule has 0 aliphatic rings. The highest BCUT2D eigenvalue weighted by molar-refractivity contribution is 9.10. The highest BCUT2D eigenvalue weighted by atomic mass is 79.9. The van der Waals surface area contributed by atoms with E-state index < -0.39 is 10.9 Å². The first kappa shape index (κ1) is 18.8. The minimum atomic E-state index is -1.01. The Balaban J connectivity index is 1.74. The lowest BCUT2D eigenvalue weighted by molar-refractivity contribution is -0.384. The molecule has 0 fully saturated rings. The van der Waals surface area contributed by atoms with Crippen molar-refractivity contribution in [1.82, 2.24) is 4.98 Å². The average Bonchev–Trinajstić information content (AvgIpc) is 2.73. The van der Waals surface area contributed by atoms with Gasteiger partial charge in [-0.1, -0.05) is 40.2 Å². The van der Waals surface area contributed by atoms with Crippen molar-refractivity contribution >= 4 is 38.5 Å². The number of halogens is 1. The number of hydrogen-bond donors (Lipinski definition) is 1. The first-order valence-corrected chi connectivity index (χ1v) is 9.40. The third-order valence-corrected chi connectivity index (χ3v) is 5.09. The van der Waals surface area contributed by atoms with Gasteiger partial charge in [-0.05, 0) is 47.5 Å². The van der Waals surface area contributed by atoms with E-state index in [1.807, 2.05) is 30.3 Å². The van der Waals surface area contributed by atoms with Crippen molar-refractivity contribution in [3.05, 3.63) is 92.9 Å². The molecule has 29 heavy (non-hydrogen) atoms. The molecule has 4 aromatic rings. The summed E-state index contributed by atoms with van der Waals surface area (Å²) in [6.45, 7) is 0. The summed E-state index contributed by atoms with van der Waals surface area (Å²) in [5.41, 5.74) is 3.92. The Labute approximate surface area is 173 Å². The van der Waals surface area contributed by atoms with Crippen LogP contribution < -0.4 is 0 Å². The largest absolute Gasteiger partial charge is 0.478 e. The molecule has 1 N–H and O–H groups in total. The maximum atomic E-state index is 11.7. The topological polar surface area (TPSA) is 93.3 Å². The van der Waals surface area contributed by atoms with Gasteiger partial charge in [0, 0.05) is 27.6 Å². The van der Waals surface area contributed by atoms with E-state index in [-0.39, 0.29) is 11.3 Å². The zero-order valence-electron chi connectivity index (χ0n) is 14.9. The predicted octanol–water partition coefficient (Wildman–Crippen LogP) is 5.94. The van der Waals surface area contributed by atoms with Crippen molar-refractivity contribution < 1.29 is 14.8 Å². The number of aromatic carboxylic acids is 1. The van der Waals surface area contributed by atoms with Gasteiger partial charge in [0.1, 0.15) is 0 Å². The summed E-state index contributed by atoms with van der Waals surface area (Å²) in [4.78, 5) is 26.7. The Morgan fingerprint density at radius 1 is 0.897 bits per heavy atom. The third-order valence-electron chi connectivity index (χ3n) is 4.59. The minimum Gasteiger partial charge on any atom is -0.478 e. The molecular formula is C22H13BrN2O4. The van der Waals surface area contributed by atoms with E-state index in [1.165, 1.54) is 12.1 Å². The summed E-state index contributed by atoms with van der Waals surface area (Å²) >= 11 is 3.36. The molecule has 0 spiro atoms. The molecule has 7 heteroatoms. The zero-order valence-corrected chi connectivity index (χ0v) is 16.5. The van der Waals surface area contributed by atoms with E-state index >= 15 is 0 Å². The van der Waals surface area contributed by atoms with Gasteiger partial charge < -0.3 is 5.11 Å². The van der Waals surface area contributed by atoms with Crippen molar-refractivity contribution in [2.45, 2.75) is 0 Å². The van der Waals surface area contributed by atoms with Gasteiger partial charge in [0.25, 0.3) is 5.69 Å². The number of nitro benzene ring substituents is 1. The Kier molecular flexibility index (Phi) is 4.82. The smallest absolute Gasteiger partial charge is 0.336 e. The van der Waals surface area contributed by atoms with Gasteiger partial charge in [-0.25, -0.2) is 9.78 Å². The molecule has 0 saturated carbocycles. The first-order valence-electron chi connectivity index (χ1n) is 8.61. The van der Waals surface area contributed by atoms with Gasteiger partial charge in [-0.15, -0.1) is 0 Å². The lowest BCUT2D eigenvalue weighted by Crippen LogP contribution is -2.00. The number of aromatic nitrogens is 1. The lowest BCUT2D eigenvalue weighted by Gasteiger charge is -2.09. The number of non-ortho nitro benzene ring substituents is 1. The van der Waals surface area contributed by atoms with Crippen LogP contribution in [0, 0.1) is 10.1 Å². The number of pyridine rings is 1. The molecule has 0 unspecified atom stereocenters. The van der Waals surface area contributed by atoms with Crippen LogP contribution in [0.4, 0.5) is 5.69 Å². The Morgan fingerprint density at radius 2 is 1.48 bits per heavy atom. The Hall–Kier alpha value is -3.58. The van der Waals surface area contributed by atoms with Crippen LogP contribution in [0.5, 0.6) is 0 Å². The minimum absolute atomic E-state index is 0.0403. The first-order chi connectivity index (χ1) is 13.9. The van der Waals surface area contributed by atoms with Gasteiger partial charge >= 0.3 is 5.97 Å². The third kappa shape index (κ3) is 3.72. The normalized spacial score (nSPS) is 10.8. The van der Waals surface area contributed by atoms with Crippen LogP contribution in [-0.2, 0) is 0 Å². The van der Waals surface area contributed by atoms with Gasteiger partial charge in [0.15, 0.2) is 0 Å². The van der Waals surface area contributed by atoms with Crippen LogP contribution in [0.3, 0.4) is 0 Å². The standard InChI is InChI=1S/C22H13BrN2O4/c23-16-7-10-20-18(11-16)19(22(26)27)12-21(24-20)15-3-1-13(2-4-15)14-5-8-17(9-6-14)25(28)29/h1-12H,(H,26,27). The molecule has 0 aliphatic heterocycles. The molecule has 0 atom stereocenters. The SMILES string of the molecule is O=C(O)c1cc(-c2ccc(-c3ccc([N+](=O)[O-])cc3)cc2)nc2ccc(Br)cc12. The van der Waals surface area contributed by atoms with E-state index in [4.69, 9.17) is 0 Å². The summed E-state index contributed by atoms with van der Waals surface area (Å²) in [6, 6.07) is 20.7. The summed E-state index contributed by atoms with van der Waals surface area (Å²) in [7, 11) is 0. The number of carboxylic acid groups (broad SMARTS) is 1. The van der Waals surface area contributed by atoms with E-state index in [1.54, 1.807) is 30.3 Å². The second-order valence-electron chi connectivity index (χ2n) is 6.40. The van der Waals surface area contributed by atoms with Crippen LogP contribution >= 0.6 is 15.9 Å². The summed E-state index contributed by atoms with van der Waals surface area (Å²) in [6.07, 6.45) is 0. The van der Waals surface area contributed by atoms with E-state index in [9.17, 15) is 20.0 Å². The number of nitro groups is 1. The second-order valence-corrected chi connectivity index (χ2v) is 7.32. The lowest BCUT2D eigenvalue weighted by atomic mass is 10.0. The average molecular weight is 449 g/mol. The number of benzene rings is 3. The van der Waals surface area contributed by atoms with Crippen molar-refractivity contribution in [1.29, 1.82) is 0 Å². The fourth-order valence-electron chi connectivity index (χ4n) is 3.13. The van der Waals surface area contributed by atoms with Gasteiger partial charge in [0.05, 0.1) is 21.7 Å². The van der Waals surface area contributed by atoms with E-state index in [0.29, 0.717) is 16.6 Å². The van der Waals surface area contributed by atoms with Crippen LogP contribution in [-0.4, -0.2) is 21.0 Å². The molecule has 0 bridgehead atoms. The molecule has 0 radical (unpaired) electrons. The summed E-state index contributed by atoms with van der Waals surface area (Å²) < 4.78 is 0.787.